The number of para-hydroxylation sites is 2. The fourth-order valence-electron chi connectivity index (χ4n) is 2.59. The van der Waals surface area contributed by atoms with Crippen LogP contribution in [0.15, 0.2) is 77.7 Å². The largest absolute Gasteiger partial charge is 0.323 e. The minimum atomic E-state index is -3.90. The molecular weight excluding hydrogens is 422 g/mol. The molecule has 0 spiro atoms. The number of benzene rings is 3. The highest BCUT2D eigenvalue weighted by Crippen LogP contribution is 2.24. The lowest BCUT2D eigenvalue weighted by Gasteiger charge is -2.10. The quantitative estimate of drug-likeness (QED) is 0.392. The molecule has 3 N–H and O–H groups in total. The van der Waals surface area contributed by atoms with Crippen LogP contribution in [0.25, 0.3) is 0 Å². The molecule has 0 aliphatic rings. The molecule has 0 bridgehead atoms. The van der Waals surface area contributed by atoms with Crippen molar-refractivity contribution in [3.05, 3.63) is 88.5 Å². The number of nitro groups is 1. The Morgan fingerprint density at radius 1 is 0.935 bits per heavy atom. The van der Waals surface area contributed by atoms with Crippen molar-refractivity contribution in [1.29, 1.82) is 5.26 Å². The van der Waals surface area contributed by atoms with Crippen LogP contribution in [0.4, 0.5) is 27.5 Å². The maximum Gasteiger partial charge on any atom is 0.323 e. The van der Waals surface area contributed by atoms with Crippen LogP contribution in [-0.2, 0) is 10.0 Å². The normalized spacial score (nSPS) is 10.5. The number of sulfonamides is 1. The lowest BCUT2D eigenvalue weighted by molar-refractivity contribution is -0.383. The molecule has 0 saturated heterocycles. The van der Waals surface area contributed by atoms with E-state index in [2.05, 4.69) is 15.4 Å². The van der Waals surface area contributed by atoms with E-state index in [4.69, 9.17) is 5.26 Å². The Bertz CT molecular complexity index is 1280. The third-order valence-corrected chi connectivity index (χ3v) is 5.40. The van der Waals surface area contributed by atoms with E-state index in [0.717, 1.165) is 0 Å². The van der Waals surface area contributed by atoms with Gasteiger partial charge in [-0.1, -0.05) is 18.2 Å². The number of urea groups is 1. The summed E-state index contributed by atoms with van der Waals surface area (Å²) in [6.07, 6.45) is 0. The monoisotopic (exact) mass is 437 g/mol. The van der Waals surface area contributed by atoms with Crippen LogP contribution in [0.1, 0.15) is 5.56 Å². The van der Waals surface area contributed by atoms with Gasteiger partial charge in [-0.3, -0.25) is 14.8 Å². The zero-order valence-electron chi connectivity index (χ0n) is 15.8. The second kappa shape index (κ2) is 8.93. The van der Waals surface area contributed by atoms with Crippen LogP contribution in [-0.4, -0.2) is 19.4 Å². The molecule has 10 nitrogen and oxygen atoms in total. The number of nitrogens with zero attached hydrogens (tertiary/aromatic N) is 2. The minimum absolute atomic E-state index is 0.0361. The van der Waals surface area contributed by atoms with Gasteiger partial charge in [0.05, 0.1) is 21.5 Å². The first kappa shape index (κ1) is 21.3. The van der Waals surface area contributed by atoms with Gasteiger partial charge >= 0.3 is 6.03 Å². The lowest BCUT2D eigenvalue weighted by atomic mass is 10.2. The number of rotatable bonds is 6. The third kappa shape index (κ3) is 5.34. The van der Waals surface area contributed by atoms with Crippen LogP contribution in [0.2, 0.25) is 0 Å². The molecule has 0 fully saturated rings. The van der Waals surface area contributed by atoms with Gasteiger partial charge in [-0.2, -0.15) is 5.26 Å². The standard InChI is InChI=1S/C20H15N5O5S/c21-13-14-4-3-5-17(12-14)31(29,30)24-16-10-8-15(9-11-16)22-20(26)23-18-6-1-2-7-19(18)25(27)28/h1-12,24H,(H2,22,23,26). The average Bonchev–Trinajstić information content (AvgIpc) is 2.75. The van der Waals surface area contributed by atoms with Gasteiger partial charge in [-0.15, -0.1) is 0 Å². The van der Waals surface area contributed by atoms with Crippen LogP contribution < -0.4 is 15.4 Å². The van der Waals surface area contributed by atoms with Crippen LogP contribution in [0, 0.1) is 21.4 Å². The van der Waals surface area contributed by atoms with E-state index >= 15 is 0 Å². The summed E-state index contributed by atoms with van der Waals surface area (Å²) >= 11 is 0. The summed E-state index contributed by atoms with van der Waals surface area (Å²) in [5, 5.41) is 24.8. The number of anilines is 3. The van der Waals surface area contributed by atoms with Crippen molar-refractivity contribution in [3.63, 3.8) is 0 Å². The maximum absolute atomic E-state index is 12.5. The van der Waals surface area contributed by atoms with Gasteiger partial charge in [0, 0.05) is 17.4 Å². The third-order valence-electron chi connectivity index (χ3n) is 4.02. The summed E-state index contributed by atoms with van der Waals surface area (Å²) < 4.78 is 27.3. The van der Waals surface area contributed by atoms with Crippen molar-refractivity contribution in [2.75, 3.05) is 15.4 Å². The Morgan fingerprint density at radius 3 is 2.29 bits per heavy atom. The highest BCUT2D eigenvalue weighted by atomic mass is 32.2. The molecule has 156 valence electrons. The van der Waals surface area contributed by atoms with Crippen molar-refractivity contribution < 1.29 is 18.1 Å². The molecule has 2 amide bonds. The van der Waals surface area contributed by atoms with Gasteiger partial charge in [0.15, 0.2) is 0 Å². The number of carbonyl (C=O) groups is 1. The molecule has 31 heavy (non-hydrogen) atoms. The summed E-state index contributed by atoms with van der Waals surface area (Å²) in [5.74, 6) is 0. The van der Waals surface area contributed by atoms with E-state index in [-0.39, 0.29) is 27.5 Å². The van der Waals surface area contributed by atoms with Gasteiger partial charge in [0.2, 0.25) is 0 Å². The maximum atomic E-state index is 12.5. The second-order valence-electron chi connectivity index (χ2n) is 6.18. The summed E-state index contributed by atoms with van der Waals surface area (Å²) in [4.78, 5) is 22.5. The van der Waals surface area contributed by atoms with Crippen molar-refractivity contribution in [2.45, 2.75) is 4.90 Å². The van der Waals surface area contributed by atoms with Crippen LogP contribution in [0.3, 0.4) is 0 Å². The zero-order chi connectivity index (χ0) is 22.4. The molecule has 0 atom stereocenters. The fraction of sp³-hybridized carbons (Fsp3) is 0. The van der Waals surface area contributed by atoms with Crippen molar-refractivity contribution in [3.8, 4) is 6.07 Å². The summed E-state index contributed by atoms with van der Waals surface area (Å²) in [5.41, 5.74) is 0.585. The molecule has 3 aromatic carbocycles. The summed E-state index contributed by atoms with van der Waals surface area (Å²) in [7, 11) is -3.90. The minimum Gasteiger partial charge on any atom is -0.308 e. The van der Waals surface area contributed by atoms with Gasteiger partial charge in [-0.25, -0.2) is 13.2 Å². The Balaban J connectivity index is 1.67. The number of nitrogens with one attached hydrogen (secondary N) is 3. The number of carbonyl (C=O) groups excluding carboxylic acids is 1. The molecule has 0 aliphatic carbocycles. The molecular formula is C20H15N5O5S. The predicted octanol–water partition coefficient (Wildman–Crippen LogP) is 3.91. The fourth-order valence-corrected chi connectivity index (χ4v) is 3.70. The highest BCUT2D eigenvalue weighted by Gasteiger charge is 2.16. The van der Waals surface area contributed by atoms with Crippen LogP contribution >= 0.6 is 0 Å². The van der Waals surface area contributed by atoms with Gasteiger partial charge < -0.3 is 10.6 Å². The van der Waals surface area contributed by atoms with Crippen molar-refractivity contribution in [1.82, 2.24) is 0 Å². The molecule has 0 radical (unpaired) electrons. The first-order valence-electron chi connectivity index (χ1n) is 8.73. The molecule has 3 rings (SSSR count). The second-order valence-corrected chi connectivity index (χ2v) is 7.86. The number of hydrogen-bond acceptors (Lipinski definition) is 6. The van der Waals surface area contributed by atoms with Crippen molar-refractivity contribution >= 4 is 38.8 Å². The Kier molecular flexibility index (Phi) is 6.13. The van der Waals surface area contributed by atoms with E-state index in [0.29, 0.717) is 5.69 Å². The molecule has 0 aliphatic heterocycles. The molecule has 0 saturated carbocycles. The molecule has 0 unspecified atom stereocenters. The zero-order valence-corrected chi connectivity index (χ0v) is 16.6. The van der Waals surface area contributed by atoms with Gasteiger partial charge in [0.25, 0.3) is 15.7 Å². The molecule has 0 aromatic heterocycles. The predicted molar refractivity (Wildman–Crippen MR) is 114 cm³/mol. The first-order valence-corrected chi connectivity index (χ1v) is 10.2. The number of nitriles is 1. The lowest BCUT2D eigenvalue weighted by Crippen LogP contribution is -2.20. The molecule has 0 heterocycles. The number of nitro benzene ring substituents is 1. The van der Waals surface area contributed by atoms with E-state index in [1.54, 1.807) is 6.07 Å². The first-order chi connectivity index (χ1) is 14.8. The van der Waals surface area contributed by atoms with Crippen molar-refractivity contribution in [2.24, 2.45) is 0 Å². The highest BCUT2D eigenvalue weighted by molar-refractivity contribution is 7.92. The van der Waals surface area contributed by atoms with Gasteiger partial charge in [-0.05, 0) is 48.5 Å². The smallest absolute Gasteiger partial charge is 0.308 e. The van der Waals surface area contributed by atoms with E-state index < -0.39 is 21.0 Å². The Morgan fingerprint density at radius 2 is 1.61 bits per heavy atom. The SMILES string of the molecule is N#Cc1cccc(S(=O)(=O)Nc2ccc(NC(=O)Nc3ccccc3[N+](=O)[O-])cc2)c1. The Labute approximate surface area is 177 Å². The van der Waals surface area contributed by atoms with E-state index in [1.807, 2.05) is 6.07 Å². The molecule has 3 aromatic rings. The molecule has 11 heteroatoms. The number of amides is 2. The Hall–Kier alpha value is -4.43. The number of hydrogen-bond donors (Lipinski definition) is 3. The average molecular weight is 437 g/mol. The van der Waals surface area contributed by atoms with E-state index in [1.165, 1.54) is 66.7 Å². The van der Waals surface area contributed by atoms with Crippen LogP contribution in [0.5, 0.6) is 0 Å². The topological polar surface area (TPSA) is 154 Å². The summed E-state index contributed by atoms with van der Waals surface area (Å²) in [6.45, 7) is 0. The summed E-state index contributed by atoms with van der Waals surface area (Å²) in [6, 6.07) is 18.3. The van der Waals surface area contributed by atoms with E-state index in [9.17, 15) is 23.3 Å². The van der Waals surface area contributed by atoms with Gasteiger partial charge in [0.1, 0.15) is 5.69 Å².